The molecular weight excluding hydrogens is 240 g/mol. The van der Waals surface area contributed by atoms with Crippen molar-refractivity contribution in [1.82, 2.24) is 10.6 Å². The van der Waals surface area contributed by atoms with Gasteiger partial charge in [-0.1, -0.05) is 12.1 Å². The van der Waals surface area contributed by atoms with Gasteiger partial charge in [0.1, 0.15) is 5.58 Å². The minimum absolute atomic E-state index is 0.110. The molecule has 0 unspecified atom stereocenters. The maximum absolute atomic E-state index is 12.1. The van der Waals surface area contributed by atoms with Crippen LogP contribution in [-0.4, -0.2) is 25.0 Å². The van der Waals surface area contributed by atoms with Crippen LogP contribution in [0.4, 0.5) is 0 Å². The van der Waals surface area contributed by atoms with E-state index in [-0.39, 0.29) is 11.9 Å². The lowest BCUT2D eigenvalue weighted by molar-refractivity contribution is 0.0903. The third-order valence-corrected chi connectivity index (χ3v) is 3.57. The zero-order valence-electron chi connectivity index (χ0n) is 11.0. The van der Waals surface area contributed by atoms with Gasteiger partial charge in [-0.2, -0.15) is 0 Å². The number of benzene rings is 1. The van der Waals surface area contributed by atoms with Gasteiger partial charge < -0.3 is 15.1 Å². The molecule has 1 aliphatic rings. The van der Waals surface area contributed by atoms with Gasteiger partial charge in [0.05, 0.1) is 0 Å². The monoisotopic (exact) mass is 258 g/mol. The summed E-state index contributed by atoms with van der Waals surface area (Å²) in [4.78, 5) is 12.1. The number of furan rings is 1. The Balaban J connectivity index is 1.77. The van der Waals surface area contributed by atoms with Gasteiger partial charge in [-0.3, -0.25) is 4.79 Å². The van der Waals surface area contributed by atoms with Gasteiger partial charge in [-0.25, -0.2) is 0 Å². The van der Waals surface area contributed by atoms with Crippen molar-refractivity contribution in [3.8, 4) is 0 Å². The third kappa shape index (κ3) is 2.63. The normalized spacial score (nSPS) is 16.7. The number of hydrogen-bond donors (Lipinski definition) is 2. The van der Waals surface area contributed by atoms with Gasteiger partial charge in [0.2, 0.25) is 0 Å². The predicted octanol–water partition coefficient (Wildman–Crippen LogP) is 2.22. The van der Waals surface area contributed by atoms with Crippen molar-refractivity contribution in [1.29, 1.82) is 0 Å². The number of fused-ring (bicyclic) bond motifs is 1. The van der Waals surface area contributed by atoms with E-state index in [1.165, 1.54) is 0 Å². The summed E-state index contributed by atoms with van der Waals surface area (Å²) in [6.45, 7) is 3.94. The van der Waals surface area contributed by atoms with Crippen LogP contribution in [0.25, 0.3) is 11.0 Å². The maximum Gasteiger partial charge on any atom is 0.287 e. The van der Waals surface area contributed by atoms with Gasteiger partial charge >= 0.3 is 0 Å². The average Bonchev–Trinajstić information content (AvgIpc) is 2.83. The second kappa shape index (κ2) is 5.05. The third-order valence-electron chi connectivity index (χ3n) is 3.57. The molecular formula is C15H18N2O2. The topological polar surface area (TPSA) is 54.3 Å². The first-order chi connectivity index (χ1) is 9.22. The van der Waals surface area contributed by atoms with Crippen LogP contribution in [0.5, 0.6) is 0 Å². The van der Waals surface area contributed by atoms with Crippen molar-refractivity contribution >= 4 is 16.9 Å². The van der Waals surface area contributed by atoms with Crippen LogP contribution < -0.4 is 10.6 Å². The summed E-state index contributed by atoms with van der Waals surface area (Å²) in [5.41, 5.74) is 1.91. The van der Waals surface area contributed by atoms with Gasteiger partial charge in [0.25, 0.3) is 5.91 Å². The number of amides is 1. The van der Waals surface area contributed by atoms with Crippen LogP contribution in [0.15, 0.2) is 28.7 Å². The van der Waals surface area contributed by atoms with E-state index in [9.17, 15) is 4.79 Å². The van der Waals surface area contributed by atoms with E-state index < -0.39 is 0 Å². The molecule has 1 saturated heterocycles. The average molecular weight is 258 g/mol. The Morgan fingerprint density at radius 3 is 2.89 bits per heavy atom. The Labute approximate surface area is 112 Å². The Bertz CT molecular complexity index is 597. The lowest BCUT2D eigenvalue weighted by Gasteiger charge is -2.23. The molecule has 1 fully saturated rings. The van der Waals surface area contributed by atoms with E-state index >= 15 is 0 Å². The number of carbonyl (C=O) groups excluding carboxylic acids is 1. The summed E-state index contributed by atoms with van der Waals surface area (Å²) in [6.07, 6.45) is 1.95. The van der Waals surface area contributed by atoms with E-state index in [0.717, 1.165) is 42.5 Å². The van der Waals surface area contributed by atoms with Crippen LogP contribution in [0.2, 0.25) is 0 Å². The molecule has 0 bridgehead atoms. The smallest absolute Gasteiger partial charge is 0.287 e. The molecule has 19 heavy (non-hydrogen) atoms. The highest BCUT2D eigenvalue weighted by Gasteiger charge is 2.18. The molecule has 3 rings (SSSR count). The fourth-order valence-corrected chi connectivity index (χ4v) is 2.47. The predicted molar refractivity (Wildman–Crippen MR) is 74.3 cm³/mol. The lowest BCUT2D eigenvalue weighted by atomic mass is 10.1. The Morgan fingerprint density at radius 1 is 1.32 bits per heavy atom. The van der Waals surface area contributed by atoms with Gasteiger partial charge in [0, 0.05) is 11.4 Å². The SMILES string of the molecule is Cc1ccc2cc(C(=O)NC3CCNCC3)oc2c1. The Morgan fingerprint density at radius 2 is 2.11 bits per heavy atom. The minimum atomic E-state index is -0.110. The van der Waals surface area contributed by atoms with Crippen molar-refractivity contribution in [2.75, 3.05) is 13.1 Å². The highest BCUT2D eigenvalue weighted by molar-refractivity contribution is 5.96. The minimum Gasteiger partial charge on any atom is -0.451 e. The summed E-state index contributed by atoms with van der Waals surface area (Å²) in [6, 6.07) is 8.02. The number of carbonyl (C=O) groups is 1. The first kappa shape index (κ1) is 12.2. The molecule has 1 aliphatic heterocycles. The molecule has 0 spiro atoms. The summed E-state index contributed by atoms with van der Waals surface area (Å²) in [7, 11) is 0. The number of nitrogens with one attached hydrogen (secondary N) is 2. The molecule has 2 heterocycles. The Hall–Kier alpha value is -1.81. The highest BCUT2D eigenvalue weighted by Crippen LogP contribution is 2.20. The number of rotatable bonds is 2. The second-order valence-electron chi connectivity index (χ2n) is 5.15. The number of aryl methyl sites for hydroxylation is 1. The van der Waals surface area contributed by atoms with Crippen molar-refractivity contribution in [2.45, 2.75) is 25.8 Å². The van der Waals surface area contributed by atoms with Crippen molar-refractivity contribution < 1.29 is 9.21 Å². The lowest BCUT2D eigenvalue weighted by Crippen LogP contribution is -2.42. The van der Waals surface area contributed by atoms with Crippen LogP contribution in [0.1, 0.15) is 29.0 Å². The highest BCUT2D eigenvalue weighted by atomic mass is 16.3. The van der Waals surface area contributed by atoms with Crippen LogP contribution in [-0.2, 0) is 0 Å². The molecule has 4 nitrogen and oxygen atoms in total. The standard InChI is InChI=1S/C15H18N2O2/c1-10-2-3-11-9-14(19-13(11)8-10)15(18)17-12-4-6-16-7-5-12/h2-3,8-9,12,16H,4-7H2,1H3,(H,17,18). The van der Waals surface area contributed by atoms with Crippen LogP contribution in [0.3, 0.4) is 0 Å². The first-order valence-corrected chi connectivity index (χ1v) is 6.74. The molecule has 2 N–H and O–H groups in total. The molecule has 4 heteroatoms. The summed E-state index contributed by atoms with van der Waals surface area (Å²) >= 11 is 0. The number of hydrogen-bond acceptors (Lipinski definition) is 3. The van der Waals surface area contributed by atoms with E-state index in [1.807, 2.05) is 31.2 Å². The van der Waals surface area contributed by atoms with Crippen LogP contribution in [0, 0.1) is 6.92 Å². The van der Waals surface area contributed by atoms with Crippen molar-refractivity contribution in [3.05, 3.63) is 35.6 Å². The second-order valence-corrected chi connectivity index (χ2v) is 5.15. The largest absolute Gasteiger partial charge is 0.451 e. The van der Waals surface area contributed by atoms with E-state index in [2.05, 4.69) is 10.6 Å². The Kier molecular flexibility index (Phi) is 3.25. The zero-order valence-corrected chi connectivity index (χ0v) is 11.0. The van der Waals surface area contributed by atoms with Crippen molar-refractivity contribution in [3.63, 3.8) is 0 Å². The number of piperidine rings is 1. The van der Waals surface area contributed by atoms with Gasteiger partial charge in [0.15, 0.2) is 5.76 Å². The van der Waals surface area contributed by atoms with E-state index in [0.29, 0.717) is 5.76 Å². The molecule has 0 radical (unpaired) electrons. The summed E-state index contributed by atoms with van der Waals surface area (Å²) in [5.74, 6) is 0.292. The summed E-state index contributed by atoms with van der Waals surface area (Å²) in [5, 5.41) is 7.29. The van der Waals surface area contributed by atoms with Crippen molar-refractivity contribution in [2.24, 2.45) is 0 Å². The molecule has 0 saturated carbocycles. The molecule has 1 aromatic heterocycles. The summed E-state index contributed by atoms with van der Waals surface area (Å²) < 4.78 is 5.62. The molecule has 0 atom stereocenters. The fraction of sp³-hybridized carbons (Fsp3) is 0.400. The molecule has 2 aromatic rings. The molecule has 1 amide bonds. The quantitative estimate of drug-likeness (QED) is 0.868. The van der Waals surface area contributed by atoms with E-state index in [4.69, 9.17) is 4.42 Å². The van der Waals surface area contributed by atoms with Gasteiger partial charge in [-0.05, 0) is 50.6 Å². The maximum atomic E-state index is 12.1. The first-order valence-electron chi connectivity index (χ1n) is 6.74. The molecule has 1 aromatic carbocycles. The molecule has 100 valence electrons. The van der Waals surface area contributed by atoms with E-state index in [1.54, 1.807) is 0 Å². The molecule has 0 aliphatic carbocycles. The zero-order chi connectivity index (χ0) is 13.2. The van der Waals surface area contributed by atoms with Gasteiger partial charge in [-0.15, -0.1) is 0 Å². The fourth-order valence-electron chi connectivity index (χ4n) is 2.47. The van der Waals surface area contributed by atoms with Crippen LogP contribution >= 0.6 is 0 Å².